The van der Waals surface area contributed by atoms with Crippen LogP contribution in [-0.2, 0) is 34.9 Å². The van der Waals surface area contributed by atoms with E-state index in [1.54, 1.807) is 0 Å². The summed E-state index contributed by atoms with van der Waals surface area (Å²) in [6.07, 6.45) is -9.82. The van der Waals surface area contributed by atoms with Crippen LogP contribution in [0.4, 0.5) is 26.3 Å². The van der Waals surface area contributed by atoms with E-state index in [9.17, 15) is 46.1 Å². The molecule has 0 aliphatic heterocycles. The summed E-state index contributed by atoms with van der Waals surface area (Å²) in [5.74, 6) is -6.02. The van der Waals surface area contributed by atoms with Crippen molar-refractivity contribution in [1.29, 1.82) is 0 Å². The number of rotatable bonds is 2. The minimum absolute atomic E-state index is 0.0139. The third-order valence-corrected chi connectivity index (χ3v) is 1.23. The maximum absolute atomic E-state index is 11.3. The van der Waals surface area contributed by atoms with Crippen molar-refractivity contribution in [2.45, 2.75) is 26.2 Å². The van der Waals surface area contributed by atoms with Gasteiger partial charge in [-0.2, -0.15) is 26.3 Å². The van der Waals surface area contributed by atoms with Gasteiger partial charge in [0.25, 0.3) is 11.6 Å². The van der Waals surface area contributed by atoms with Crippen LogP contribution in [0.15, 0.2) is 23.7 Å². The van der Waals surface area contributed by atoms with E-state index in [1.807, 2.05) is 0 Å². The Kier molecular flexibility index (Phi) is 13.4. The standard InChI is InChI=1S/2C5H5F3O2.Mo.2O/c2*1-3(9)2-4(10)5(6,7)8;;;/h2*2,9H,1H3;;;/q;;+2;;/p-2/b2*3-2-;;;. The summed E-state index contributed by atoms with van der Waals surface area (Å²) in [5.41, 5.74) is 0. The van der Waals surface area contributed by atoms with Gasteiger partial charge in [-0.3, -0.25) is 9.59 Å². The van der Waals surface area contributed by atoms with Gasteiger partial charge in [0.15, 0.2) is 0 Å². The van der Waals surface area contributed by atoms with Crippen LogP contribution in [0.1, 0.15) is 13.8 Å². The van der Waals surface area contributed by atoms with E-state index < -0.39 is 53.9 Å². The van der Waals surface area contributed by atoms with Crippen molar-refractivity contribution in [2.75, 3.05) is 0 Å². The summed E-state index contributed by atoms with van der Waals surface area (Å²) in [7, 11) is 0. The third-order valence-electron chi connectivity index (χ3n) is 1.23. The molecule has 13 heteroatoms. The number of hydrogen-bond acceptors (Lipinski definition) is 6. The fraction of sp³-hybridized carbons (Fsp3) is 0.400. The first-order valence-corrected chi connectivity index (χ1v) is 6.58. The fourth-order valence-corrected chi connectivity index (χ4v) is 0.533. The van der Waals surface area contributed by atoms with Gasteiger partial charge in [-0.05, 0) is 12.2 Å². The van der Waals surface area contributed by atoms with Crippen LogP contribution >= 0.6 is 0 Å². The summed E-state index contributed by atoms with van der Waals surface area (Å²) >= 11 is -2.03. The van der Waals surface area contributed by atoms with E-state index in [-0.39, 0.29) is 12.2 Å². The van der Waals surface area contributed by atoms with E-state index in [2.05, 4.69) is 0 Å². The van der Waals surface area contributed by atoms with Crippen LogP contribution in [0, 0.1) is 0 Å². The quantitative estimate of drug-likeness (QED) is 0.271. The van der Waals surface area contributed by atoms with Crippen LogP contribution < -0.4 is 10.2 Å². The van der Waals surface area contributed by atoms with Crippen LogP contribution in [0.3, 0.4) is 0 Å². The molecule has 0 heterocycles. The molecule has 0 spiro atoms. The van der Waals surface area contributed by atoms with E-state index >= 15 is 0 Å². The molecule has 0 aromatic heterocycles. The molecule has 0 saturated heterocycles. The van der Waals surface area contributed by atoms with Gasteiger partial charge in [0, 0.05) is 0 Å². The molecule has 6 nitrogen and oxygen atoms in total. The first kappa shape index (κ1) is 26.2. The molecule has 0 amide bonds. The molecule has 0 aliphatic rings. The molecule has 0 aliphatic carbocycles. The van der Waals surface area contributed by atoms with Crippen molar-refractivity contribution in [1.82, 2.24) is 0 Å². The normalized spacial score (nSPS) is 12.0. The monoisotopic (exact) mass is 436 g/mol. The first-order chi connectivity index (χ1) is 10.1. The van der Waals surface area contributed by atoms with Gasteiger partial charge in [-0.15, -0.1) is 11.5 Å². The average Bonchev–Trinajstić information content (AvgIpc) is 2.26. The predicted octanol–water partition coefficient (Wildman–Crippen LogP) is 0.524. The number of hydrogen-bond donors (Lipinski definition) is 0. The zero-order chi connectivity index (χ0) is 19.4. The second kappa shape index (κ2) is 11.8. The van der Waals surface area contributed by atoms with Gasteiger partial charge < -0.3 is 10.2 Å². The van der Waals surface area contributed by atoms with Gasteiger partial charge in [0.2, 0.25) is 0 Å². The Morgan fingerprint density at radius 1 is 0.783 bits per heavy atom. The molecule has 0 fully saturated rings. The second-order valence-electron chi connectivity index (χ2n) is 3.30. The topological polar surface area (TPSA) is 114 Å². The van der Waals surface area contributed by atoms with Crippen molar-refractivity contribution in [3.8, 4) is 0 Å². The second-order valence-corrected chi connectivity index (χ2v) is 3.64. The van der Waals surface area contributed by atoms with Crippen LogP contribution in [-0.4, -0.2) is 23.9 Å². The summed E-state index contributed by atoms with van der Waals surface area (Å²) in [6, 6.07) is 0. The minimum atomic E-state index is -4.92. The van der Waals surface area contributed by atoms with Crippen LogP contribution in [0.5, 0.6) is 0 Å². The number of carbonyl (C=O) groups is 2. The predicted molar refractivity (Wildman–Crippen MR) is 51.0 cm³/mol. The molecule has 0 rings (SSSR count). The van der Waals surface area contributed by atoms with Crippen LogP contribution in [0.2, 0.25) is 0 Å². The van der Waals surface area contributed by atoms with Gasteiger partial charge in [0.1, 0.15) is 0 Å². The zero-order valence-corrected chi connectivity index (χ0v) is 13.3. The first-order valence-electron chi connectivity index (χ1n) is 4.94. The number of allylic oxidation sites excluding steroid dienone is 4. The molecule has 0 bridgehead atoms. The van der Waals surface area contributed by atoms with E-state index in [4.69, 9.17) is 6.80 Å². The molecule has 0 saturated carbocycles. The molecule has 0 aromatic carbocycles. The van der Waals surface area contributed by atoms with Crippen molar-refractivity contribution in [3.05, 3.63) is 23.7 Å². The Morgan fingerprint density at radius 2 is 0.957 bits per heavy atom. The Morgan fingerprint density at radius 3 is 1.00 bits per heavy atom. The molecule has 23 heavy (non-hydrogen) atoms. The number of halogens is 6. The molecular weight excluding hydrogens is 426 g/mol. The Hall–Kier alpha value is -1.71. The molecule has 132 valence electrons. The average molecular weight is 434 g/mol. The zero-order valence-electron chi connectivity index (χ0n) is 11.3. The van der Waals surface area contributed by atoms with Gasteiger partial charge in [0.05, 0.1) is 0 Å². The Labute approximate surface area is 133 Å². The van der Waals surface area contributed by atoms with Crippen molar-refractivity contribution in [2.24, 2.45) is 0 Å². The maximum atomic E-state index is 11.3. The van der Waals surface area contributed by atoms with Gasteiger partial charge >= 0.3 is 37.6 Å². The van der Waals surface area contributed by atoms with Crippen LogP contribution in [0.25, 0.3) is 0 Å². The molecule has 0 N–H and O–H groups in total. The summed E-state index contributed by atoms with van der Waals surface area (Å²) < 4.78 is 84.7. The third kappa shape index (κ3) is 20.3. The van der Waals surface area contributed by atoms with Crippen molar-refractivity contribution >= 4 is 11.6 Å². The molecule has 0 atom stereocenters. The Balaban J connectivity index is -0.000000297. The molecule has 0 aromatic rings. The van der Waals surface area contributed by atoms with Crippen molar-refractivity contribution < 1.29 is 71.4 Å². The molecular formula is C10H8F6MoO6. The van der Waals surface area contributed by atoms with Crippen molar-refractivity contribution in [3.63, 3.8) is 0 Å². The summed E-state index contributed by atoms with van der Waals surface area (Å²) in [6.45, 7) is 1.76. The molecule has 0 unspecified atom stereocenters. The number of carbonyl (C=O) groups excluding carboxylic acids is 2. The van der Waals surface area contributed by atoms with E-state index in [0.29, 0.717) is 0 Å². The Bertz CT molecular complexity index is 451. The summed E-state index contributed by atoms with van der Waals surface area (Å²) in [4.78, 5) is 19.7. The van der Waals surface area contributed by atoms with Gasteiger partial charge in [-0.25, -0.2) is 0 Å². The number of ketones is 2. The van der Waals surface area contributed by atoms with E-state index in [1.165, 1.54) is 0 Å². The van der Waals surface area contributed by atoms with E-state index in [0.717, 1.165) is 13.8 Å². The SMILES string of the molecule is C/C([O-])=C/C(=O)C(F)(F)F.C/C([O-])=C/C(=O)C(F)(F)F.[O]=[Mo+2]=[O]. The summed E-state index contributed by atoms with van der Waals surface area (Å²) in [5, 5.41) is 19.8. The number of alkyl halides is 6. The fourth-order valence-electron chi connectivity index (χ4n) is 0.533. The molecule has 0 radical (unpaired) electrons. The van der Waals surface area contributed by atoms with Gasteiger partial charge in [-0.1, -0.05) is 13.8 Å².